The maximum Gasteiger partial charge on any atom is 0.288 e. The summed E-state index contributed by atoms with van der Waals surface area (Å²) < 4.78 is 1.88. The van der Waals surface area contributed by atoms with E-state index < -0.39 is 0 Å². The third-order valence-corrected chi connectivity index (χ3v) is 1.84. The summed E-state index contributed by atoms with van der Waals surface area (Å²) in [4.78, 5) is 19.0. The number of hydrogen-bond donors (Lipinski definition) is 2. The van der Waals surface area contributed by atoms with E-state index in [1.54, 1.807) is 12.5 Å². The maximum atomic E-state index is 11.4. The number of nitrogens with zero attached hydrogens (tertiary/aromatic N) is 4. The van der Waals surface area contributed by atoms with E-state index in [0.717, 1.165) is 0 Å². The number of hydrogen-bond acceptors (Lipinski definition) is 4. The molecule has 0 unspecified atom stereocenters. The number of rotatable bonds is 4. The number of H-pyrrole nitrogens is 1. The van der Waals surface area contributed by atoms with Crippen molar-refractivity contribution >= 4 is 5.91 Å². The molecule has 0 fully saturated rings. The molecule has 2 rings (SSSR count). The Labute approximate surface area is 85.6 Å². The van der Waals surface area contributed by atoms with Crippen LogP contribution in [0.5, 0.6) is 0 Å². The van der Waals surface area contributed by atoms with Crippen molar-refractivity contribution in [1.82, 2.24) is 30.0 Å². The molecule has 0 aliphatic carbocycles. The molecule has 0 aliphatic rings. The van der Waals surface area contributed by atoms with Crippen LogP contribution in [0, 0.1) is 0 Å². The molecule has 0 saturated carbocycles. The Balaban J connectivity index is 1.77. The van der Waals surface area contributed by atoms with Crippen molar-refractivity contribution in [1.29, 1.82) is 0 Å². The second-order valence-corrected chi connectivity index (χ2v) is 2.89. The van der Waals surface area contributed by atoms with Gasteiger partial charge in [0.1, 0.15) is 6.33 Å². The van der Waals surface area contributed by atoms with Gasteiger partial charge < -0.3 is 9.88 Å². The van der Waals surface area contributed by atoms with Crippen LogP contribution in [-0.2, 0) is 6.54 Å². The smallest absolute Gasteiger partial charge is 0.288 e. The van der Waals surface area contributed by atoms with E-state index in [0.29, 0.717) is 13.1 Å². The fraction of sp³-hybridized carbons (Fsp3) is 0.250. The summed E-state index contributed by atoms with van der Waals surface area (Å²) in [5, 5.41) is 8.78. The predicted molar refractivity (Wildman–Crippen MR) is 50.9 cm³/mol. The minimum Gasteiger partial charge on any atom is -0.348 e. The van der Waals surface area contributed by atoms with Gasteiger partial charge in [0, 0.05) is 25.5 Å². The van der Waals surface area contributed by atoms with Gasteiger partial charge in [0.25, 0.3) is 5.91 Å². The molecule has 0 radical (unpaired) electrons. The molecule has 15 heavy (non-hydrogen) atoms. The average molecular weight is 206 g/mol. The normalized spacial score (nSPS) is 10.1. The van der Waals surface area contributed by atoms with Crippen molar-refractivity contribution in [2.75, 3.05) is 6.54 Å². The molecule has 1 amide bonds. The zero-order valence-corrected chi connectivity index (χ0v) is 7.92. The lowest BCUT2D eigenvalue weighted by Crippen LogP contribution is -2.27. The van der Waals surface area contributed by atoms with E-state index >= 15 is 0 Å². The van der Waals surface area contributed by atoms with Gasteiger partial charge in [-0.2, -0.15) is 5.10 Å². The van der Waals surface area contributed by atoms with Gasteiger partial charge in [-0.05, 0) is 0 Å². The molecular weight excluding hydrogens is 196 g/mol. The van der Waals surface area contributed by atoms with Crippen LogP contribution in [0.3, 0.4) is 0 Å². The summed E-state index contributed by atoms with van der Waals surface area (Å²) in [6.45, 7) is 1.20. The monoisotopic (exact) mass is 206 g/mol. The lowest BCUT2D eigenvalue weighted by molar-refractivity contribution is 0.0942. The van der Waals surface area contributed by atoms with Crippen molar-refractivity contribution in [3.63, 3.8) is 0 Å². The number of carbonyl (C=O) groups excluding carboxylic acids is 1. The SMILES string of the molecule is O=C(NCCn1ccnc1)c1ncn[nH]1. The predicted octanol–water partition coefficient (Wildman–Crippen LogP) is -0.569. The van der Waals surface area contributed by atoms with E-state index in [-0.39, 0.29) is 11.7 Å². The largest absolute Gasteiger partial charge is 0.348 e. The first-order valence-electron chi connectivity index (χ1n) is 4.45. The first-order valence-corrected chi connectivity index (χ1v) is 4.45. The van der Waals surface area contributed by atoms with E-state index in [1.807, 2.05) is 10.8 Å². The Bertz CT molecular complexity index is 406. The average Bonchev–Trinajstić information content (AvgIpc) is 2.90. The lowest BCUT2D eigenvalue weighted by atomic mass is 10.5. The topological polar surface area (TPSA) is 88.5 Å². The first kappa shape index (κ1) is 9.38. The summed E-state index contributed by atoms with van der Waals surface area (Å²) in [6, 6.07) is 0. The zero-order chi connectivity index (χ0) is 10.5. The van der Waals surface area contributed by atoms with E-state index in [2.05, 4.69) is 25.5 Å². The van der Waals surface area contributed by atoms with Crippen LogP contribution < -0.4 is 5.32 Å². The number of aromatic nitrogens is 5. The van der Waals surface area contributed by atoms with Crippen LogP contribution >= 0.6 is 0 Å². The van der Waals surface area contributed by atoms with Gasteiger partial charge in [0.2, 0.25) is 5.82 Å². The molecular formula is C8H10N6O. The molecule has 7 nitrogen and oxygen atoms in total. The van der Waals surface area contributed by atoms with Crippen LogP contribution in [0.15, 0.2) is 25.0 Å². The summed E-state index contributed by atoms with van der Waals surface area (Å²) in [6.07, 6.45) is 6.52. The van der Waals surface area contributed by atoms with Gasteiger partial charge >= 0.3 is 0 Å². The molecule has 7 heteroatoms. The van der Waals surface area contributed by atoms with E-state index in [9.17, 15) is 4.79 Å². The fourth-order valence-electron chi connectivity index (χ4n) is 1.12. The Hall–Kier alpha value is -2.18. The van der Waals surface area contributed by atoms with Gasteiger partial charge in [-0.15, -0.1) is 0 Å². The summed E-state index contributed by atoms with van der Waals surface area (Å²) >= 11 is 0. The number of carbonyl (C=O) groups is 1. The van der Waals surface area contributed by atoms with Crippen molar-refractivity contribution in [2.24, 2.45) is 0 Å². The van der Waals surface area contributed by atoms with Gasteiger partial charge in [0.15, 0.2) is 0 Å². The third-order valence-electron chi connectivity index (χ3n) is 1.84. The summed E-state index contributed by atoms with van der Waals surface area (Å²) in [7, 11) is 0. The van der Waals surface area contributed by atoms with Crippen molar-refractivity contribution in [3.8, 4) is 0 Å². The second-order valence-electron chi connectivity index (χ2n) is 2.89. The molecule has 0 aromatic carbocycles. The first-order chi connectivity index (χ1) is 7.36. The Morgan fingerprint density at radius 2 is 2.53 bits per heavy atom. The minimum atomic E-state index is -0.257. The van der Waals surface area contributed by atoms with E-state index in [4.69, 9.17) is 0 Å². The molecule has 2 N–H and O–H groups in total. The highest BCUT2D eigenvalue weighted by Gasteiger charge is 2.06. The number of aromatic amines is 1. The van der Waals surface area contributed by atoms with Crippen molar-refractivity contribution in [2.45, 2.75) is 6.54 Å². The Kier molecular flexibility index (Phi) is 2.72. The van der Waals surface area contributed by atoms with Gasteiger partial charge in [-0.3, -0.25) is 9.89 Å². The van der Waals surface area contributed by atoms with Gasteiger partial charge in [-0.1, -0.05) is 0 Å². The number of nitrogens with one attached hydrogen (secondary N) is 2. The highest BCUT2D eigenvalue weighted by molar-refractivity contribution is 5.90. The molecule has 0 bridgehead atoms. The Morgan fingerprint density at radius 1 is 1.60 bits per heavy atom. The molecule has 0 aliphatic heterocycles. The zero-order valence-electron chi connectivity index (χ0n) is 7.92. The highest BCUT2D eigenvalue weighted by atomic mass is 16.2. The molecule has 2 aromatic heterocycles. The fourth-order valence-corrected chi connectivity index (χ4v) is 1.12. The van der Waals surface area contributed by atoms with Crippen molar-refractivity contribution < 1.29 is 4.79 Å². The minimum absolute atomic E-state index is 0.223. The molecule has 78 valence electrons. The van der Waals surface area contributed by atoms with Crippen LogP contribution in [0.25, 0.3) is 0 Å². The standard InChI is InChI=1S/C8H10N6O/c15-8(7-11-5-12-13-7)10-2-4-14-3-1-9-6-14/h1,3,5-6H,2,4H2,(H,10,15)(H,11,12,13). The lowest BCUT2D eigenvalue weighted by Gasteiger charge is -2.03. The molecule has 0 spiro atoms. The second kappa shape index (κ2) is 4.36. The number of imidazole rings is 1. The van der Waals surface area contributed by atoms with E-state index in [1.165, 1.54) is 6.33 Å². The highest BCUT2D eigenvalue weighted by Crippen LogP contribution is 1.86. The van der Waals surface area contributed by atoms with Crippen LogP contribution in [0.2, 0.25) is 0 Å². The van der Waals surface area contributed by atoms with Crippen LogP contribution in [0.4, 0.5) is 0 Å². The molecule has 0 saturated heterocycles. The summed E-state index contributed by atoms with van der Waals surface area (Å²) in [5.41, 5.74) is 0. The quantitative estimate of drug-likeness (QED) is 0.701. The Morgan fingerprint density at radius 3 is 3.20 bits per heavy atom. The summed E-state index contributed by atoms with van der Waals surface area (Å²) in [5.74, 6) is -0.0340. The van der Waals surface area contributed by atoms with Crippen LogP contribution in [-0.4, -0.2) is 37.2 Å². The third kappa shape index (κ3) is 2.39. The van der Waals surface area contributed by atoms with Gasteiger partial charge in [-0.25, -0.2) is 9.97 Å². The number of amides is 1. The van der Waals surface area contributed by atoms with Gasteiger partial charge in [0.05, 0.1) is 6.33 Å². The maximum absolute atomic E-state index is 11.4. The molecule has 0 atom stereocenters. The molecule has 2 heterocycles. The van der Waals surface area contributed by atoms with Crippen molar-refractivity contribution in [3.05, 3.63) is 30.9 Å². The molecule has 2 aromatic rings. The van der Waals surface area contributed by atoms with Crippen LogP contribution in [0.1, 0.15) is 10.6 Å².